The lowest BCUT2D eigenvalue weighted by molar-refractivity contribution is 0.415. The maximum absolute atomic E-state index is 12.2. The highest BCUT2D eigenvalue weighted by molar-refractivity contribution is 7.91. The Morgan fingerprint density at radius 2 is 1.74 bits per heavy atom. The van der Waals surface area contributed by atoms with Gasteiger partial charge in [-0.1, -0.05) is 18.2 Å². The molecule has 1 aromatic rings. The summed E-state index contributed by atoms with van der Waals surface area (Å²) in [6, 6.07) is 7.70. The molecule has 4 heteroatoms. The number of rotatable bonds is 4. The average Bonchev–Trinajstić information content (AvgIpc) is 2.34. The molecule has 0 saturated heterocycles. The van der Waals surface area contributed by atoms with Crippen LogP contribution in [0.2, 0.25) is 0 Å². The van der Waals surface area contributed by atoms with Crippen LogP contribution in [0.5, 0.6) is 5.75 Å². The van der Waals surface area contributed by atoms with E-state index in [1.165, 1.54) is 0 Å². The molecule has 0 aliphatic heterocycles. The highest BCUT2D eigenvalue weighted by Gasteiger charge is 2.28. The molecular weight excluding hydrogens is 258 g/mol. The first kappa shape index (κ1) is 16.1. The third-order valence-electron chi connectivity index (χ3n) is 2.64. The number of methoxy groups -OCH3 is 1. The van der Waals surface area contributed by atoms with Gasteiger partial charge in [-0.15, -0.1) is 0 Å². The standard InChI is InChI=1S/C15H23NO2S/c1-11(2)14(16-19(17)15(3,4)5)12-7-9-13(18-6)10-8-12/h7-11H,1-6H3. The Kier molecular flexibility index (Phi) is 5.44. The summed E-state index contributed by atoms with van der Waals surface area (Å²) in [6.07, 6.45) is 0. The zero-order chi connectivity index (χ0) is 14.6. The van der Waals surface area contributed by atoms with E-state index in [0.717, 1.165) is 17.0 Å². The first-order valence-electron chi connectivity index (χ1n) is 6.40. The van der Waals surface area contributed by atoms with Crippen molar-refractivity contribution >= 4 is 17.1 Å². The number of nitrogens with zero attached hydrogens (tertiary/aromatic N) is 1. The van der Waals surface area contributed by atoms with Gasteiger partial charge in [0.2, 0.25) is 0 Å². The van der Waals surface area contributed by atoms with E-state index < -0.39 is 11.4 Å². The van der Waals surface area contributed by atoms with Crippen LogP contribution >= 0.6 is 0 Å². The summed E-state index contributed by atoms with van der Waals surface area (Å²) in [5.74, 6) is 1.03. The van der Waals surface area contributed by atoms with Crippen molar-refractivity contribution < 1.29 is 9.29 Å². The maximum atomic E-state index is 12.2. The van der Waals surface area contributed by atoms with E-state index in [0.29, 0.717) is 0 Å². The quantitative estimate of drug-likeness (QED) is 0.625. The van der Waals surface area contributed by atoms with Crippen LogP contribution in [0.1, 0.15) is 40.2 Å². The molecule has 106 valence electrons. The van der Waals surface area contributed by atoms with Crippen LogP contribution in [0.3, 0.4) is 0 Å². The number of hydrogen-bond acceptors (Lipinski definition) is 3. The molecule has 19 heavy (non-hydrogen) atoms. The lowest BCUT2D eigenvalue weighted by Crippen LogP contribution is -2.28. The Morgan fingerprint density at radius 1 is 1.21 bits per heavy atom. The van der Waals surface area contributed by atoms with Crippen LogP contribution in [-0.2, 0) is 11.4 Å². The fourth-order valence-corrected chi connectivity index (χ4v) is 2.25. The van der Waals surface area contributed by atoms with Crippen LogP contribution in [0, 0.1) is 5.92 Å². The van der Waals surface area contributed by atoms with Crippen molar-refractivity contribution in [1.82, 2.24) is 0 Å². The monoisotopic (exact) mass is 281 g/mol. The minimum absolute atomic E-state index is 0.222. The fraction of sp³-hybridized carbons (Fsp3) is 0.533. The highest BCUT2D eigenvalue weighted by atomic mass is 32.2. The van der Waals surface area contributed by atoms with Gasteiger partial charge in [-0.25, -0.2) is 0 Å². The number of ether oxygens (including phenoxy) is 1. The summed E-state index contributed by atoms with van der Waals surface area (Å²) in [6.45, 7) is 9.90. The molecule has 0 amide bonds. The van der Waals surface area contributed by atoms with Crippen molar-refractivity contribution in [3.05, 3.63) is 29.8 Å². The van der Waals surface area contributed by atoms with Crippen LogP contribution in [0.25, 0.3) is 0 Å². The second-order valence-corrected chi connectivity index (χ2v) is 7.63. The van der Waals surface area contributed by atoms with Gasteiger partial charge in [0.1, 0.15) is 27.6 Å². The van der Waals surface area contributed by atoms with E-state index in [1.54, 1.807) is 7.11 Å². The Labute approximate surface area is 119 Å². The fourth-order valence-electron chi connectivity index (χ4n) is 1.48. The molecule has 0 bridgehead atoms. The molecular formula is C15H23NO2S. The van der Waals surface area contributed by atoms with Crippen molar-refractivity contribution in [2.24, 2.45) is 10.3 Å². The molecule has 3 nitrogen and oxygen atoms in total. The van der Waals surface area contributed by atoms with Crippen LogP contribution in [0.15, 0.2) is 28.7 Å². The van der Waals surface area contributed by atoms with Gasteiger partial charge < -0.3 is 9.29 Å². The molecule has 0 N–H and O–H groups in total. The second-order valence-electron chi connectivity index (χ2n) is 5.72. The molecule has 1 unspecified atom stereocenters. The van der Waals surface area contributed by atoms with Crippen molar-refractivity contribution in [3.63, 3.8) is 0 Å². The molecule has 0 heterocycles. The smallest absolute Gasteiger partial charge is 0.144 e. The molecule has 0 saturated carbocycles. The minimum Gasteiger partial charge on any atom is -0.591 e. The summed E-state index contributed by atoms with van der Waals surface area (Å²) in [5, 5.41) is 0. The van der Waals surface area contributed by atoms with E-state index in [2.05, 4.69) is 18.2 Å². The molecule has 0 aromatic heterocycles. The zero-order valence-corrected chi connectivity index (χ0v) is 13.4. The van der Waals surface area contributed by atoms with Crippen molar-refractivity contribution in [3.8, 4) is 5.75 Å². The lowest BCUT2D eigenvalue weighted by Gasteiger charge is -2.20. The summed E-state index contributed by atoms with van der Waals surface area (Å²) in [7, 11) is 1.64. The van der Waals surface area contributed by atoms with Gasteiger partial charge in [0.05, 0.1) is 7.11 Å². The van der Waals surface area contributed by atoms with E-state index in [-0.39, 0.29) is 10.7 Å². The van der Waals surface area contributed by atoms with Crippen LogP contribution in [-0.4, -0.2) is 22.1 Å². The second kappa shape index (κ2) is 6.44. The van der Waals surface area contributed by atoms with Crippen LogP contribution < -0.4 is 4.74 Å². The molecule has 0 aliphatic rings. The van der Waals surface area contributed by atoms with Crippen LogP contribution in [0.4, 0.5) is 0 Å². The van der Waals surface area contributed by atoms with E-state index in [9.17, 15) is 4.55 Å². The third-order valence-corrected chi connectivity index (χ3v) is 4.05. The lowest BCUT2D eigenvalue weighted by atomic mass is 10.0. The first-order chi connectivity index (χ1) is 8.75. The largest absolute Gasteiger partial charge is 0.591 e. The summed E-state index contributed by atoms with van der Waals surface area (Å²) in [5.41, 5.74) is 1.87. The van der Waals surface area contributed by atoms with Gasteiger partial charge in [0.25, 0.3) is 0 Å². The minimum atomic E-state index is -1.24. The Bertz CT molecular complexity index is 432. The number of benzene rings is 1. The molecule has 0 aliphatic carbocycles. The van der Waals surface area contributed by atoms with Gasteiger partial charge in [-0.3, -0.25) is 0 Å². The maximum Gasteiger partial charge on any atom is 0.144 e. The summed E-state index contributed by atoms with van der Waals surface area (Å²) in [4.78, 5) is 0. The summed E-state index contributed by atoms with van der Waals surface area (Å²) >= 11 is -1.24. The van der Waals surface area contributed by atoms with E-state index in [4.69, 9.17) is 4.74 Å². The molecule has 0 radical (unpaired) electrons. The SMILES string of the molecule is COc1ccc(C(=N[S+]([O-])C(C)(C)C)C(C)C)cc1. The van der Waals surface area contributed by atoms with Crippen molar-refractivity contribution in [2.45, 2.75) is 39.4 Å². The average molecular weight is 281 g/mol. The predicted octanol–water partition coefficient (Wildman–Crippen LogP) is 3.60. The Balaban J connectivity index is 3.10. The van der Waals surface area contributed by atoms with Gasteiger partial charge in [-0.2, -0.15) is 0 Å². The Morgan fingerprint density at radius 3 is 2.11 bits per heavy atom. The van der Waals surface area contributed by atoms with Crippen molar-refractivity contribution in [1.29, 1.82) is 0 Å². The summed E-state index contributed by atoms with van der Waals surface area (Å²) < 4.78 is 21.4. The molecule has 1 rings (SSSR count). The molecule has 1 aromatic carbocycles. The Hall–Kier alpha value is -1.00. The van der Waals surface area contributed by atoms with Gasteiger partial charge >= 0.3 is 0 Å². The van der Waals surface area contributed by atoms with Gasteiger partial charge in [0.15, 0.2) is 0 Å². The van der Waals surface area contributed by atoms with Gasteiger partial charge in [-0.05, 0) is 45.0 Å². The first-order valence-corrected chi connectivity index (χ1v) is 7.51. The normalized spacial score (nSPS) is 14.6. The predicted molar refractivity (Wildman–Crippen MR) is 82.3 cm³/mol. The van der Waals surface area contributed by atoms with E-state index in [1.807, 2.05) is 45.0 Å². The molecule has 1 atom stereocenters. The third kappa shape index (κ3) is 4.55. The van der Waals surface area contributed by atoms with E-state index >= 15 is 0 Å². The molecule has 0 spiro atoms. The topological polar surface area (TPSA) is 44.6 Å². The number of hydrogen-bond donors (Lipinski definition) is 0. The highest BCUT2D eigenvalue weighted by Crippen LogP contribution is 2.21. The molecule has 0 fully saturated rings. The van der Waals surface area contributed by atoms with Crippen molar-refractivity contribution in [2.75, 3.05) is 7.11 Å². The zero-order valence-electron chi connectivity index (χ0n) is 12.6. The van der Waals surface area contributed by atoms with Gasteiger partial charge in [0, 0.05) is 11.5 Å².